The fourth-order valence-corrected chi connectivity index (χ4v) is 3.52. The van der Waals surface area contributed by atoms with Gasteiger partial charge in [-0.25, -0.2) is 4.79 Å². The standard InChI is InChI=1S/C13H16N2O3S/c1-2-11-15(10(7-19-11)13(17)18)12(16)8-5-3-4-6-9(8)14/h3-6,10-11H,2,7,14H2,1H3,(H,17,18). The zero-order valence-electron chi connectivity index (χ0n) is 10.6. The van der Waals surface area contributed by atoms with E-state index in [1.807, 2.05) is 6.92 Å². The summed E-state index contributed by atoms with van der Waals surface area (Å²) in [6.07, 6.45) is 0.715. The molecule has 5 nitrogen and oxygen atoms in total. The van der Waals surface area contributed by atoms with Crippen LogP contribution >= 0.6 is 11.8 Å². The number of nitrogens with two attached hydrogens (primary N) is 1. The summed E-state index contributed by atoms with van der Waals surface area (Å²) >= 11 is 1.50. The minimum absolute atomic E-state index is 0.104. The van der Waals surface area contributed by atoms with Crippen LogP contribution in [0.5, 0.6) is 0 Å². The second-order valence-electron chi connectivity index (χ2n) is 4.35. The molecule has 1 aliphatic heterocycles. The van der Waals surface area contributed by atoms with Crippen molar-refractivity contribution in [1.82, 2.24) is 4.90 Å². The molecule has 0 radical (unpaired) electrons. The molecule has 102 valence electrons. The molecule has 1 saturated heterocycles. The molecule has 2 unspecified atom stereocenters. The number of para-hydroxylation sites is 1. The first-order valence-electron chi connectivity index (χ1n) is 6.07. The van der Waals surface area contributed by atoms with Gasteiger partial charge < -0.3 is 15.7 Å². The van der Waals surface area contributed by atoms with E-state index in [0.717, 1.165) is 0 Å². The van der Waals surface area contributed by atoms with E-state index in [9.17, 15) is 14.7 Å². The van der Waals surface area contributed by atoms with Gasteiger partial charge in [0.1, 0.15) is 6.04 Å². The summed E-state index contributed by atoms with van der Waals surface area (Å²) in [5.74, 6) is -0.847. The van der Waals surface area contributed by atoms with E-state index in [2.05, 4.69) is 0 Å². The summed E-state index contributed by atoms with van der Waals surface area (Å²) in [5, 5.41) is 9.12. The van der Waals surface area contributed by atoms with Crippen LogP contribution in [0.25, 0.3) is 0 Å². The Morgan fingerprint density at radius 2 is 2.16 bits per heavy atom. The van der Waals surface area contributed by atoms with Crippen LogP contribution in [0.2, 0.25) is 0 Å². The highest BCUT2D eigenvalue weighted by atomic mass is 32.2. The Balaban J connectivity index is 2.34. The molecule has 6 heteroatoms. The molecule has 2 atom stereocenters. The molecule has 0 bridgehead atoms. The molecule has 0 saturated carbocycles. The topological polar surface area (TPSA) is 83.6 Å². The van der Waals surface area contributed by atoms with Gasteiger partial charge >= 0.3 is 5.97 Å². The molecule has 3 N–H and O–H groups in total. The third-order valence-electron chi connectivity index (χ3n) is 3.15. The number of hydrogen-bond donors (Lipinski definition) is 2. The maximum atomic E-state index is 12.5. The van der Waals surface area contributed by atoms with Crippen molar-refractivity contribution in [3.05, 3.63) is 29.8 Å². The number of carbonyl (C=O) groups is 2. The lowest BCUT2D eigenvalue weighted by molar-refractivity contribution is -0.141. The summed E-state index contributed by atoms with van der Waals surface area (Å²) in [4.78, 5) is 25.2. The van der Waals surface area contributed by atoms with Crippen molar-refractivity contribution in [3.8, 4) is 0 Å². The Kier molecular flexibility index (Phi) is 3.99. The van der Waals surface area contributed by atoms with Gasteiger partial charge in [-0.3, -0.25) is 4.79 Å². The fourth-order valence-electron chi connectivity index (χ4n) is 2.17. The number of hydrogen-bond acceptors (Lipinski definition) is 4. The van der Waals surface area contributed by atoms with Gasteiger partial charge in [-0.1, -0.05) is 19.1 Å². The number of carbonyl (C=O) groups excluding carboxylic acids is 1. The number of thioether (sulfide) groups is 1. The number of carboxylic acids is 1. The molecule has 1 aromatic rings. The zero-order chi connectivity index (χ0) is 14.0. The van der Waals surface area contributed by atoms with Crippen molar-refractivity contribution in [2.24, 2.45) is 0 Å². The summed E-state index contributed by atoms with van der Waals surface area (Å²) in [6, 6.07) is 5.97. The van der Waals surface area contributed by atoms with Crippen LogP contribution in [0.15, 0.2) is 24.3 Å². The van der Waals surface area contributed by atoms with E-state index >= 15 is 0 Å². The molecule has 1 heterocycles. The molecule has 1 fully saturated rings. The Hall–Kier alpha value is -1.69. The number of rotatable bonds is 3. The van der Waals surface area contributed by atoms with Crippen molar-refractivity contribution >= 4 is 29.3 Å². The SMILES string of the molecule is CCC1SCC(C(=O)O)N1C(=O)c1ccccc1N. The van der Waals surface area contributed by atoms with Gasteiger partial charge in [-0.05, 0) is 18.6 Å². The van der Waals surface area contributed by atoms with Crippen molar-refractivity contribution in [2.75, 3.05) is 11.5 Å². The number of anilines is 1. The van der Waals surface area contributed by atoms with Gasteiger partial charge in [-0.2, -0.15) is 0 Å². The second kappa shape index (κ2) is 5.52. The Morgan fingerprint density at radius 3 is 2.74 bits per heavy atom. The van der Waals surface area contributed by atoms with Gasteiger partial charge in [0, 0.05) is 11.4 Å². The lowest BCUT2D eigenvalue weighted by atomic mass is 10.1. The molecular formula is C13H16N2O3S. The van der Waals surface area contributed by atoms with E-state index in [0.29, 0.717) is 23.4 Å². The molecule has 2 rings (SSSR count). The quantitative estimate of drug-likeness (QED) is 0.822. The minimum Gasteiger partial charge on any atom is -0.480 e. The molecule has 1 aromatic carbocycles. The van der Waals surface area contributed by atoms with Crippen molar-refractivity contribution < 1.29 is 14.7 Å². The van der Waals surface area contributed by atoms with Crippen molar-refractivity contribution in [2.45, 2.75) is 24.8 Å². The predicted octanol–water partition coefficient (Wildman–Crippen LogP) is 1.65. The van der Waals surface area contributed by atoms with Crippen LogP contribution in [0.1, 0.15) is 23.7 Å². The highest BCUT2D eigenvalue weighted by molar-refractivity contribution is 8.00. The van der Waals surface area contributed by atoms with Crippen molar-refractivity contribution in [1.29, 1.82) is 0 Å². The smallest absolute Gasteiger partial charge is 0.327 e. The van der Waals surface area contributed by atoms with Crippen LogP contribution in [-0.2, 0) is 4.79 Å². The minimum atomic E-state index is -0.966. The summed E-state index contributed by atoms with van der Waals surface area (Å²) in [7, 11) is 0. The molecule has 1 amide bonds. The number of benzene rings is 1. The fraction of sp³-hybridized carbons (Fsp3) is 0.385. The lowest BCUT2D eigenvalue weighted by Gasteiger charge is -2.27. The Labute approximate surface area is 115 Å². The van der Waals surface area contributed by atoms with E-state index in [1.54, 1.807) is 24.3 Å². The van der Waals surface area contributed by atoms with Crippen LogP contribution in [-0.4, -0.2) is 39.1 Å². The number of nitrogen functional groups attached to an aromatic ring is 1. The highest BCUT2D eigenvalue weighted by Gasteiger charge is 2.41. The van der Waals surface area contributed by atoms with E-state index in [1.165, 1.54) is 16.7 Å². The van der Waals surface area contributed by atoms with E-state index < -0.39 is 12.0 Å². The average molecular weight is 280 g/mol. The van der Waals surface area contributed by atoms with Crippen molar-refractivity contribution in [3.63, 3.8) is 0 Å². The molecule has 0 aromatic heterocycles. The average Bonchev–Trinajstić information content (AvgIpc) is 2.82. The number of nitrogens with zero attached hydrogens (tertiary/aromatic N) is 1. The van der Waals surface area contributed by atoms with E-state index in [-0.39, 0.29) is 11.3 Å². The summed E-state index contributed by atoms with van der Waals surface area (Å²) in [6.45, 7) is 1.94. The molecule has 0 aliphatic carbocycles. The second-order valence-corrected chi connectivity index (χ2v) is 5.56. The molecule has 19 heavy (non-hydrogen) atoms. The maximum absolute atomic E-state index is 12.5. The number of carboxylic acid groups (broad SMARTS) is 1. The monoisotopic (exact) mass is 280 g/mol. The van der Waals surface area contributed by atoms with Gasteiger partial charge in [0.2, 0.25) is 0 Å². The first-order chi connectivity index (χ1) is 9.06. The lowest BCUT2D eigenvalue weighted by Crippen LogP contribution is -2.45. The van der Waals surface area contributed by atoms with Crippen LogP contribution in [0.3, 0.4) is 0 Å². The maximum Gasteiger partial charge on any atom is 0.327 e. The summed E-state index contributed by atoms with van der Waals surface area (Å²) < 4.78 is 0. The van der Waals surface area contributed by atoms with Crippen LogP contribution in [0.4, 0.5) is 5.69 Å². The van der Waals surface area contributed by atoms with E-state index in [4.69, 9.17) is 5.73 Å². The largest absolute Gasteiger partial charge is 0.480 e. The first kappa shape index (κ1) is 13.7. The third-order valence-corrected chi connectivity index (χ3v) is 4.61. The number of amides is 1. The summed E-state index contributed by atoms with van der Waals surface area (Å²) in [5.41, 5.74) is 6.54. The van der Waals surface area contributed by atoms with Crippen LogP contribution in [0, 0.1) is 0 Å². The highest BCUT2D eigenvalue weighted by Crippen LogP contribution is 2.33. The molecule has 0 spiro atoms. The predicted molar refractivity (Wildman–Crippen MR) is 75.0 cm³/mol. The zero-order valence-corrected chi connectivity index (χ0v) is 11.4. The van der Waals surface area contributed by atoms with Gasteiger partial charge in [0.05, 0.1) is 10.9 Å². The number of aliphatic carboxylic acids is 1. The Morgan fingerprint density at radius 1 is 1.47 bits per heavy atom. The molecule has 1 aliphatic rings. The van der Waals surface area contributed by atoms with Gasteiger partial charge in [0.15, 0.2) is 0 Å². The van der Waals surface area contributed by atoms with Gasteiger partial charge in [-0.15, -0.1) is 11.8 Å². The molecular weight excluding hydrogens is 264 g/mol. The third kappa shape index (κ3) is 2.53. The normalized spacial score (nSPS) is 22.5. The first-order valence-corrected chi connectivity index (χ1v) is 7.12. The Bertz CT molecular complexity index is 506. The van der Waals surface area contributed by atoms with Gasteiger partial charge in [0.25, 0.3) is 5.91 Å². The van der Waals surface area contributed by atoms with Crippen LogP contribution < -0.4 is 5.73 Å².